The van der Waals surface area contributed by atoms with Gasteiger partial charge < -0.3 is 9.47 Å². The van der Waals surface area contributed by atoms with Crippen LogP contribution in [0.25, 0.3) is 21.9 Å². The van der Waals surface area contributed by atoms with Crippen molar-refractivity contribution in [2.24, 2.45) is 5.92 Å². The van der Waals surface area contributed by atoms with E-state index in [-0.39, 0.29) is 0 Å². The Balaban J connectivity index is 1.45. The van der Waals surface area contributed by atoms with Crippen molar-refractivity contribution in [3.63, 3.8) is 0 Å². The fourth-order valence-corrected chi connectivity index (χ4v) is 4.06. The lowest BCUT2D eigenvalue weighted by Crippen LogP contribution is -2.13. The third kappa shape index (κ3) is 5.89. The Morgan fingerprint density at radius 1 is 0.889 bits per heavy atom. The van der Waals surface area contributed by atoms with Gasteiger partial charge in [0.25, 0.3) is 0 Å². The maximum Gasteiger partial charge on any atom is 0.346 e. The zero-order chi connectivity index (χ0) is 25.5. The third-order valence-electron chi connectivity index (χ3n) is 6.31. The lowest BCUT2D eigenvalue weighted by molar-refractivity contribution is 0.0399. The normalized spacial score (nSPS) is 11.6. The highest BCUT2D eigenvalue weighted by Gasteiger charge is 2.17. The van der Waals surface area contributed by atoms with Crippen LogP contribution < -0.4 is 4.74 Å². The number of rotatable bonds is 9. The molecule has 4 aromatic rings. The van der Waals surface area contributed by atoms with Crippen molar-refractivity contribution in [2.45, 2.75) is 26.7 Å². The Hall–Kier alpha value is -4.18. The molecule has 4 aromatic carbocycles. The summed E-state index contributed by atoms with van der Waals surface area (Å²) in [5.41, 5.74) is 4.04. The number of carbonyl (C=O) groups is 2. The van der Waals surface area contributed by atoms with Crippen molar-refractivity contribution in [1.82, 2.24) is 0 Å². The van der Waals surface area contributed by atoms with Crippen LogP contribution in [0.1, 0.15) is 46.5 Å². The van der Waals surface area contributed by atoms with E-state index in [2.05, 4.69) is 44.7 Å². The van der Waals surface area contributed by atoms with Gasteiger partial charge in [-0.05, 0) is 76.2 Å². The first-order chi connectivity index (χ1) is 17.5. The highest BCUT2D eigenvalue weighted by molar-refractivity contribution is 6.09. The molecule has 4 heteroatoms. The molecule has 1 atom stereocenters. The summed E-state index contributed by atoms with van der Waals surface area (Å²) >= 11 is 0. The highest BCUT2D eigenvalue weighted by Crippen LogP contribution is 2.26. The summed E-state index contributed by atoms with van der Waals surface area (Å²) in [6, 6.07) is 26.3. The number of hydrogen-bond acceptors (Lipinski definition) is 4. The number of esters is 2. The lowest BCUT2D eigenvalue weighted by atomic mass is 9.96. The number of ether oxygens (including phenoxy) is 2. The van der Waals surface area contributed by atoms with Gasteiger partial charge in [-0.25, -0.2) is 9.59 Å². The van der Waals surface area contributed by atoms with E-state index in [4.69, 9.17) is 9.47 Å². The summed E-state index contributed by atoms with van der Waals surface area (Å²) in [4.78, 5) is 25.5. The summed E-state index contributed by atoms with van der Waals surface area (Å²) in [6.45, 7) is 8.50. The van der Waals surface area contributed by atoms with E-state index in [1.807, 2.05) is 24.3 Å². The largest absolute Gasteiger partial charge is 0.490 e. The molecule has 0 radical (unpaired) electrons. The third-order valence-corrected chi connectivity index (χ3v) is 6.31. The van der Waals surface area contributed by atoms with Crippen LogP contribution in [-0.2, 0) is 11.2 Å². The predicted molar refractivity (Wildman–Crippen MR) is 144 cm³/mol. The van der Waals surface area contributed by atoms with Crippen molar-refractivity contribution >= 4 is 22.7 Å². The molecule has 0 fully saturated rings. The van der Waals surface area contributed by atoms with Gasteiger partial charge in [0.15, 0.2) is 0 Å². The van der Waals surface area contributed by atoms with Crippen molar-refractivity contribution in [3.05, 3.63) is 114 Å². The summed E-state index contributed by atoms with van der Waals surface area (Å²) in [6.07, 6.45) is 3.89. The van der Waals surface area contributed by atoms with Crippen molar-refractivity contribution < 1.29 is 19.1 Å². The van der Waals surface area contributed by atoms with Crippen LogP contribution in [0.5, 0.6) is 5.75 Å². The maximum atomic E-state index is 12.8. The molecule has 0 aliphatic heterocycles. The Morgan fingerprint density at radius 3 is 2.25 bits per heavy atom. The average Bonchev–Trinajstić information content (AvgIpc) is 2.91. The molecule has 0 aliphatic carbocycles. The molecule has 0 saturated heterocycles. The minimum atomic E-state index is -0.689. The van der Waals surface area contributed by atoms with Crippen LogP contribution in [0.4, 0.5) is 0 Å². The Labute approximate surface area is 212 Å². The molecular weight excluding hydrogens is 448 g/mol. The topological polar surface area (TPSA) is 52.6 Å². The number of hydrogen-bond donors (Lipinski definition) is 0. The maximum absolute atomic E-state index is 12.8. The SMILES string of the molecule is C=CCOc1ccc2c(C(=O)OC(=O)c3ccc(-c4ccc(CC(C)CC)cc4)cc3)cccc2c1. The van der Waals surface area contributed by atoms with Gasteiger partial charge in [-0.3, -0.25) is 0 Å². The Kier molecular flexibility index (Phi) is 7.96. The number of benzene rings is 4. The van der Waals surface area contributed by atoms with E-state index in [1.165, 1.54) is 5.56 Å². The monoisotopic (exact) mass is 478 g/mol. The van der Waals surface area contributed by atoms with Crippen LogP contribution in [0.15, 0.2) is 97.6 Å². The minimum Gasteiger partial charge on any atom is -0.490 e. The quantitative estimate of drug-likeness (QED) is 0.141. The van der Waals surface area contributed by atoms with Crippen molar-refractivity contribution in [2.75, 3.05) is 6.61 Å². The van der Waals surface area contributed by atoms with Crippen LogP contribution in [0.3, 0.4) is 0 Å². The van der Waals surface area contributed by atoms with Gasteiger partial charge in [0, 0.05) is 0 Å². The predicted octanol–water partition coefficient (Wildman–Crippen LogP) is 7.66. The van der Waals surface area contributed by atoms with Gasteiger partial charge in [-0.2, -0.15) is 0 Å². The summed E-state index contributed by atoms with van der Waals surface area (Å²) in [5, 5.41) is 1.51. The van der Waals surface area contributed by atoms with Crippen LogP contribution >= 0.6 is 0 Å². The van der Waals surface area contributed by atoms with Crippen molar-refractivity contribution in [1.29, 1.82) is 0 Å². The minimum absolute atomic E-state index is 0.320. The molecule has 0 bridgehead atoms. The molecule has 0 heterocycles. The molecule has 0 aliphatic rings. The van der Waals surface area contributed by atoms with Crippen molar-refractivity contribution in [3.8, 4) is 16.9 Å². The molecule has 0 N–H and O–H groups in total. The smallest absolute Gasteiger partial charge is 0.346 e. The van der Waals surface area contributed by atoms with Gasteiger partial charge in [-0.1, -0.05) is 81.5 Å². The molecule has 36 heavy (non-hydrogen) atoms. The van der Waals surface area contributed by atoms with Crippen LogP contribution in [0.2, 0.25) is 0 Å². The van der Waals surface area contributed by atoms with Gasteiger partial charge in [0.2, 0.25) is 0 Å². The molecule has 0 spiro atoms. The summed E-state index contributed by atoms with van der Waals surface area (Å²) in [7, 11) is 0. The molecular formula is C32H30O4. The standard InChI is InChI=1S/C32H30O4/c1-4-19-35-28-17-18-29-27(21-28)7-6-8-30(29)32(34)36-31(33)26-15-13-25(14-16-26)24-11-9-23(10-12-24)20-22(3)5-2/h4,6-18,21-22H,1,5,19-20H2,2-3H3. The molecule has 4 rings (SSSR count). The zero-order valence-corrected chi connectivity index (χ0v) is 20.7. The Morgan fingerprint density at radius 2 is 1.58 bits per heavy atom. The van der Waals surface area contributed by atoms with Gasteiger partial charge in [-0.15, -0.1) is 0 Å². The van der Waals surface area contributed by atoms with E-state index >= 15 is 0 Å². The summed E-state index contributed by atoms with van der Waals surface area (Å²) in [5.74, 6) is -0.0366. The molecule has 0 amide bonds. The van der Waals surface area contributed by atoms with E-state index in [1.54, 1.807) is 42.5 Å². The zero-order valence-electron chi connectivity index (χ0n) is 20.7. The van der Waals surface area contributed by atoms with E-state index in [9.17, 15) is 9.59 Å². The summed E-state index contributed by atoms with van der Waals surface area (Å²) < 4.78 is 10.8. The first-order valence-corrected chi connectivity index (χ1v) is 12.2. The number of carbonyl (C=O) groups excluding carboxylic acids is 2. The Bertz CT molecular complexity index is 1370. The van der Waals surface area contributed by atoms with Crippen LogP contribution in [-0.4, -0.2) is 18.5 Å². The molecule has 182 valence electrons. The number of fused-ring (bicyclic) bond motifs is 1. The van der Waals surface area contributed by atoms with Gasteiger partial charge >= 0.3 is 11.9 Å². The molecule has 0 saturated carbocycles. The fraction of sp³-hybridized carbons (Fsp3) is 0.188. The second-order valence-electron chi connectivity index (χ2n) is 8.96. The fourth-order valence-electron chi connectivity index (χ4n) is 4.06. The second kappa shape index (κ2) is 11.5. The first kappa shape index (κ1) is 24.9. The molecule has 4 nitrogen and oxygen atoms in total. The van der Waals surface area contributed by atoms with Gasteiger partial charge in [0.05, 0.1) is 11.1 Å². The average molecular weight is 479 g/mol. The molecule has 1 unspecified atom stereocenters. The lowest BCUT2D eigenvalue weighted by Gasteiger charge is -2.10. The van der Waals surface area contributed by atoms with Gasteiger partial charge in [0.1, 0.15) is 12.4 Å². The van der Waals surface area contributed by atoms with E-state index in [0.717, 1.165) is 29.4 Å². The highest BCUT2D eigenvalue weighted by atomic mass is 16.6. The van der Waals surface area contributed by atoms with Crippen LogP contribution in [0, 0.1) is 5.92 Å². The first-order valence-electron chi connectivity index (χ1n) is 12.2. The van der Waals surface area contributed by atoms with E-state index < -0.39 is 11.9 Å². The second-order valence-corrected chi connectivity index (χ2v) is 8.96. The van der Waals surface area contributed by atoms with E-state index in [0.29, 0.717) is 34.8 Å². The molecule has 0 aromatic heterocycles.